The Morgan fingerprint density at radius 3 is 2.75 bits per heavy atom. The number of likely N-dealkylation sites (tertiary alicyclic amines) is 1. The van der Waals surface area contributed by atoms with Crippen molar-refractivity contribution in [1.82, 2.24) is 14.7 Å². The molecule has 0 bridgehead atoms. The van der Waals surface area contributed by atoms with Crippen LogP contribution in [0.15, 0.2) is 12.4 Å². The molecular weight excluding hydrogens is 250 g/mol. The number of hydrogen-bond donors (Lipinski definition) is 1. The van der Waals surface area contributed by atoms with E-state index in [4.69, 9.17) is 0 Å². The maximum atomic E-state index is 10.2. The van der Waals surface area contributed by atoms with Gasteiger partial charge in [-0.15, -0.1) is 0 Å². The topological polar surface area (TPSA) is 41.3 Å². The average Bonchev–Trinajstić information content (AvgIpc) is 2.87. The van der Waals surface area contributed by atoms with Crippen molar-refractivity contribution in [2.75, 3.05) is 6.54 Å². The third kappa shape index (κ3) is 3.61. The Hall–Kier alpha value is -0.870. The molecule has 1 saturated heterocycles. The molecule has 0 aliphatic carbocycles. The van der Waals surface area contributed by atoms with Gasteiger partial charge in [-0.05, 0) is 46.6 Å². The minimum Gasteiger partial charge on any atom is -0.392 e. The lowest BCUT2D eigenvalue weighted by molar-refractivity contribution is 0.0195. The molecule has 0 saturated carbocycles. The van der Waals surface area contributed by atoms with Gasteiger partial charge in [0.15, 0.2) is 0 Å². The van der Waals surface area contributed by atoms with Crippen molar-refractivity contribution in [3.8, 4) is 0 Å². The van der Waals surface area contributed by atoms with E-state index in [1.54, 1.807) is 0 Å². The minimum absolute atomic E-state index is 0.0302. The fraction of sp³-hybridized carbons (Fsp3) is 0.812. The van der Waals surface area contributed by atoms with Crippen LogP contribution in [0.4, 0.5) is 0 Å². The summed E-state index contributed by atoms with van der Waals surface area (Å²) in [5, 5.41) is 14.7. The maximum Gasteiger partial charge on any atom is 0.0692 e. The first-order chi connectivity index (χ1) is 9.41. The van der Waals surface area contributed by atoms with Crippen molar-refractivity contribution >= 4 is 0 Å². The highest BCUT2D eigenvalue weighted by atomic mass is 16.3. The van der Waals surface area contributed by atoms with Crippen molar-refractivity contribution in [2.24, 2.45) is 0 Å². The summed E-state index contributed by atoms with van der Waals surface area (Å²) in [4.78, 5) is 2.43. The van der Waals surface area contributed by atoms with Crippen LogP contribution < -0.4 is 0 Å². The highest BCUT2D eigenvalue weighted by molar-refractivity contribution is 5.06. The predicted octanol–water partition coefficient (Wildman–Crippen LogP) is 2.76. The fourth-order valence-corrected chi connectivity index (χ4v) is 2.96. The molecular formula is C16H29N3O. The van der Waals surface area contributed by atoms with Gasteiger partial charge in [-0.1, -0.05) is 13.3 Å². The molecule has 1 N–H and O–H groups in total. The Morgan fingerprint density at radius 1 is 1.40 bits per heavy atom. The SMILES string of the molecule is CC[C@@H](O)[C@H]1CCCCN1Cc1cnn(C(C)(C)C)c1. The molecule has 1 aromatic heterocycles. The predicted molar refractivity (Wildman–Crippen MR) is 81.6 cm³/mol. The standard InChI is InChI=1S/C16H29N3O/c1-5-15(20)14-8-6-7-9-18(14)11-13-10-17-19(12-13)16(2,3)4/h10,12,14-15,20H,5-9,11H2,1-4H3/t14-,15-/m1/s1. The average molecular weight is 279 g/mol. The first-order valence-electron chi connectivity index (χ1n) is 7.88. The molecule has 0 unspecified atom stereocenters. The summed E-state index contributed by atoms with van der Waals surface area (Å²) in [6.07, 6.45) is 8.33. The van der Waals surface area contributed by atoms with E-state index in [0.717, 1.165) is 25.9 Å². The quantitative estimate of drug-likeness (QED) is 0.921. The van der Waals surface area contributed by atoms with E-state index in [2.05, 4.69) is 43.9 Å². The van der Waals surface area contributed by atoms with Gasteiger partial charge < -0.3 is 5.11 Å². The summed E-state index contributed by atoms with van der Waals surface area (Å²) in [6.45, 7) is 10.5. The van der Waals surface area contributed by atoms with Crippen LogP contribution in [-0.4, -0.2) is 38.5 Å². The molecule has 0 radical (unpaired) electrons. The minimum atomic E-state index is -0.201. The molecule has 2 rings (SSSR count). The van der Waals surface area contributed by atoms with Crippen LogP contribution in [0.1, 0.15) is 58.9 Å². The maximum absolute atomic E-state index is 10.2. The number of aliphatic hydroxyl groups is 1. The van der Waals surface area contributed by atoms with E-state index in [-0.39, 0.29) is 11.6 Å². The van der Waals surface area contributed by atoms with Gasteiger partial charge in [0.1, 0.15) is 0 Å². The molecule has 2 heterocycles. The summed E-state index contributed by atoms with van der Waals surface area (Å²) in [7, 11) is 0. The van der Waals surface area contributed by atoms with Crippen LogP contribution >= 0.6 is 0 Å². The molecule has 1 aliphatic rings. The number of nitrogens with zero attached hydrogens (tertiary/aromatic N) is 3. The summed E-state index contributed by atoms with van der Waals surface area (Å²) in [6, 6.07) is 0.312. The molecule has 1 aliphatic heterocycles. The van der Waals surface area contributed by atoms with Crippen molar-refractivity contribution in [1.29, 1.82) is 0 Å². The lowest BCUT2D eigenvalue weighted by Gasteiger charge is -2.38. The Bertz CT molecular complexity index is 422. The molecule has 1 aromatic rings. The number of piperidine rings is 1. The number of rotatable bonds is 4. The largest absolute Gasteiger partial charge is 0.392 e. The lowest BCUT2D eigenvalue weighted by Crippen LogP contribution is -2.46. The molecule has 0 amide bonds. The lowest BCUT2D eigenvalue weighted by atomic mass is 9.95. The Kier molecular flexibility index (Phi) is 4.86. The zero-order valence-corrected chi connectivity index (χ0v) is 13.3. The Morgan fingerprint density at radius 2 is 2.15 bits per heavy atom. The third-order valence-electron chi connectivity index (χ3n) is 4.24. The van der Waals surface area contributed by atoms with E-state index in [0.29, 0.717) is 6.04 Å². The highest BCUT2D eigenvalue weighted by Crippen LogP contribution is 2.23. The fourth-order valence-electron chi connectivity index (χ4n) is 2.96. The Balaban J connectivity index is 2.05. The second kappa shape index (κ2) is 6.27. The molecule has 114 valence electrons. The monoisotopic (exact) mass is 279 g/mol. The normalized spacial score (nSPS) is 22.9. The van der Waals surface area contributed by atoms with E-state index in [9.17, 15) is 5.11 Å². The van der Waals surface area contributed by atoms with E-state index >= 15 is 0 Å². The number of hydrogen-bond acceptors (Lipinski definition) is 3. The first-order valence-corrected chi connectivity index (χ1v) is 7.88. The second-order valence-electron chi connectivity index (χ2n) is 6.97. The third-order valence-corrected chi connectivity index (χ3v) is 4.24. The summed E-state index contributed by atoms with van der Waals surface area (Å²) < 4.78 is 2.03. The zero-order chi connectivity index (χ0) is 14.8. The summed E-state index contributed by atoms with van der Waals surface area (Å²) in [5.41, 5.74) is 1.28. The van der Waals surface area contributed by atoms with Gasteiger partial charge in [-0.25, -0.2) is 0 Å². The van der Waals surface area contributed by atoms with Gasteiger partial charge in [0.2, 0.25) is 0 Å². The van der Waals surface area contributed by atoms with Crippen molar-refractivity contribution in [2.45, 2.75) is 77.6 Å². The van der Waals surface area contributed by atoms with Gasteiger partial charge in [-0.3, -0.25) is 9.58 Å². The number of aromatic nitrogens is 2. The van der Waals surface area contributed by atoms with Crippen LogP contribution in [-0.2, 0) is 12.1 Å². The second-order valence-corrected chi connectivity index (χ2v) is 6.97. The van der Waals surface area contributed by atoms with Crippen LogP contribution in [0.2, 0.25) is 0 Å². The zero-order valence-electron chi connectivity index (χ0n) is 13.3. The molecule has 20 heavy (non-hydrogen) atoms. The van der Waals surface area contributed by atoms with Gasteiger partial charge in [0.25, 0.3) is 0 Å². The van der Waals surface area contributed by atoms with Crippen LogP contribution in [0.25, 0.3) is 0 Å². The molecule has 4 nitrogen and oxygen atoms in total. The van der Waals surface area contributed by atoms with Crippen LogP contribution in [0.3, 0.4) is 0 Å². The van der Waals surface area contributed by atoms with E-state index in [1.165, 1.54) is 18.4 Å². The van der Waals surface area contributed by atoms with Gasteiger partial charge in [0.05, 0.1) is 17.8 Å². The summed E-state index contributed by atoms with van der Waals surface area (Å²) >= 11 is 0. The first kappa shape index (κ1) is 15.5. The molecule has 4 heteroatoms. The van der Waals surface area contributed by atoms with Crippen molar-refractivity contribution in [3.63, 3.8) is 0 Å². The van der Waals surface area contributed by atoms with Gasteiger partial charge in [-0.2, -0.15) is 5.10 Å². The van der Waals surface area contributed by atoms with E-state index < -0.39 is 0 Å². The smallest absolute Gasteiger partial charge is 0.0692 e. The summed E-state index contributed by atoms with van der Waals surface area (Å²) in [5.74, 6) is 0. The van der Waals surface area contributed by atoms with Crippen molar-refractivity contribution in [3.05, 3.63) is 18.0 Å². The van der Waals surface area contributed by atoms with Gasteiger partial charge in [0, 0.05) is 24.3 Å². The van der Waals surface area contributed by atoms with Crippen LogP contribution in [0, 0.1) is 0 Å². The number of aliphatic hydroxyl groups excluding tert-OH is 1. The molecule has 1 fully saturated rings. The molecule has 2 atom stereocenters. The molecule has 0 aromatic carbocycles. The van der Waals surface area contributed by atoms with E-state index in [1.807, 2.05) is 10.9 Å². The Labute approximate surface area is 122 Å². The van der Waals surface area contributed by atoms with Gasteiger partial charge >= 0.3 is 0 Å². The highest BCUT2D eigenvalue weighted by Gasteiger charge is 2.28. The van der Waals surface area contributed by atoms with Crippen molar-refractivity contribution < 1.29 is 5.11 Å². The molecule has 0 spiro atoms. The van der Waals surface area contributed by atoms with Crippen LogP contribution in [0.5, 0.6) is 0 Å².